The Morgan fingerprint density at radius 2 is 2.21 bits per heavy atom. The van der Waals surface area contributed by atoms with Crippen molar-refractivity contribution in [2.75, 3.05) is 6.54 Å². The van der Waals surface area contributed by atoms with E-state index in [1.54, 1.807) is 6.92 Å². The first kappa shape index (κ1) is 9.58. The van der Waals surface area contributed by atoms with Gasteiger partial charge in [0.1, 0.15) is 5.76 Å². The van der Waals surface area contributed by atoms with Gasteiger partial charge in [0.15, 0.2) is 0 Å². The van der Waals surface area contributed by atoms with Gasteiger partial charge in [-0.3, -0.25) is 0 Å². The molecule has 0 bridgehead atoms. The fraction of sp³-hybridized carbons (Fsp3) is 0.667. The van der Waals surface area contributed by atoms with Crippen LogP contribution in [0.2, 0.25) is 0 Å². The average Bonchev–Trinajstić information content (AvgIpc) is 2.46. The molecule has 1 aromatic rings. The normalized spacial score (nSPS) is 23.1. The second-order valence-electron chi connectivity index (χ2n) is 3.99. The monoisotopic (exact) mass is 202 g/mol. The molecule has 2 rings (SSSR count). The van der Waals surface area contributed by atoms with Gasteiger partial charge in [-0.15, -0.1) is 0 Å². The van der Waals surface area contributed by atoms with E-state index in [0.717, 1.165) is 5.56 Å². The summed E-state index contributed by atoms with van der Waals surface area (Å²) in [5.41, 5.74) is 5.66. The van der Waals surface area contributed by atoms with Crippen LogP contribution in [0.5, 0.6) is 0 Å². The molecule has 0 amide bonds. The van der Waals surface area contributed by atoms with Crippen molar-refractivity contribution in [3.63, 3.8) is 0 Å². The zero-order valence-electron chi connectivity index (χ0n) is 7.89. The van der Waals surface area contributed by atoms with Crippen LogP contribution >= 0.6 is 0 Å². The van der Waals surface area contributed by atoms with Crippen molar-refractivity contribution in [2.45, 2.75) is 31.1 Å². The van der Waals surface area contributed by atoms with Gasteiger partial charge in [-0.1, -0.05) is 5.16 Å². The van der Waals surface area contributed by atoms with Crippen LogP contribution < -0.4 is 5.73 Å². The van der Waals surface area contributed by atoms with Gasteiger partial charge in [0.05, 0.1) is 6.20 Å². The van der Waals surface area contributed by atoms with E-state index in [1.807, 2.05) is 0 Å². The van der Waals surface area contributed by atoms with Crippen LogP contribution in [0.1, 0.15) is 24.2 Å². The molecule has 14 heavy (non-hydrogen) atoms. The Labute approximate surface area is 80.3 Å². The number of hydrogen-bond donors (Lipinski definition) is 1. The number of nitrogens with zero attached hydrogens (tertiary/aromatic N) is 1. The maximum absolute atomic E-state index is 12.8. The lowest BCUT2D eigenvalue weighted by Crippen LogP contribution is -2.53. The second kappa shape index (κ2) is 2.76. The van der Waals surface area contributed by atoms with Gasteiger partial charge in [-0.2, -0.15) is 0 Å². The minimum absolute atomic E-state index is 0.196. The molecule has 0 radical (unpaired) electrons. The topological polar surface area (TPSA) is 52.0 Å². The standard InChI is InChI=1S/C9H12F2N2O/c1-6-7(2-13-14-6)8(5-12)3-9(10,11)4-8/h2H,3-5,12H2,1H3. The molecule has 1 aliphatic rings. The Hall–Kier alpha value is -0.970. The minimum atomic E-state index is -2.58. The fourth-order valence-electron chi connectivity index (χ4n) is 2.19. The summed E-state index contributed by atoms with van der Waals surface area (Å²) in [5.74, 6) is -1.99. The highest BCUT2D eigenvalue weighted by atomic mass is 19.3. The number of rotatable bonds is 2. The van der Waals surface area contributed by atoms with E-state index >= 15 is 0 Å². The zero-order chi connectivity index (χ0) is 10.4. The molecule has 3 nitrogen and oxygen atoms in total. The molecule has 1 saturated carbocycles. The molecular formula is C9H12F2N2O. The van der Waals surface area contributed by atoms with Gasteiger partial charge >= 0.3 is 0 Å². The molecule has 1 aliphatic carbocycles. The Kier molecular flexibility index (Phi) is 1.89. The van der Waals surface area contributed by atoms with Crippen LogP contribution in [0, 0.1) is 6.92 Å². The van der Waals surface area contributed by atoms with Crippen LogP contribution in [0.3, 0.4) is 0 Å². The van der Waals surface area contributed by atoms with Gasteiger partial charge < -0.3 is 10.3 Å². The fourth-order valence-corrected chi connectivity index (χ4v) is 2.19. The highest BCUT2D eigenvalue weighted by molar-refractivity contribution is 5.30. The van der Waals surface area contributed by atoms with Crippen molar-refractivity contribution in [3.8, 4) is 0 Å². The molecule has 1 fully saturated rings. The van der Waals surface area contributed by atoms with Crippen molar-refractivity contribution < 1.29 is 13.3 Å². The molecule has 2 N–H and O–H groups in total. The first-order chi connectivity index (χ1) is 6.49. The molecule has 1 aromatic heterocycles. The van der Waals surface area contributed by atoms with Crippen LogP contribution in [0.15, 0.2) is 10.7 Å². The predicted molar refractivity (Wildman–Crippen MR) is 46.2 cm³/mol. The quantitative estimate of drug-likeness (QED) is 0.792. The van der Waals surface area contributed by atoms with Gasteiger partial charge in [0.25, 0.3) is 0 Å². The summed E-state index contributed by atoms with van der Waals surface area (Å²) in [6.07, 6.45) is 1.11. The SMILES string of the molecule is Cc1oncc1C1(CN)CC(F)(F)C1. The van der Waals surface area contributed by atoms with Crippen molar-refractivity contribution in [2.24, 2.45) is 5.73 Å². The van der Waals surface area contributed by atoms with Crippen LogP contribution in [-0.4, -0.2) is 17.6 Å². The summed E-state index contributed by atoms with van der Waals surface area (Å²) in [4.78, 5) is 0. The smallest absolute Gasteiger partial charge is 0.250 e. The highest BCUT2D eigenvalue weighted by Gasteiger charge is 2.57. The third-order valence-corrected chi connectivity index (χ3v) is 2.91. The van der Waals surface area contributed by atoms with Crippen molar-refractivity contribution in [1.29, 1.82) is 0 Å². The van der Waals surface area contributed by atoms with Gasteiger partial charge in [0, 0.05) is 30.4 Å². The maximum Gasteiger partial charge on any atom is 0.250 e. The summed E-state index contributed by atoms with van der Waals surface area (Å²) in [6, 6.07) is 0. The Bertz CT molecular complexity index is 340. The molecule has 0 aliphatic heterocycles. The summed E-state index contributed by atoms with van der Waals surface area (Å²) in [5, 5.41) is 3.59. The largest absolute Gasteiger partial charge is 0.361 e. The molecule has 78 valence electrons. The third-order valence-electron chi connectivity index (χ3n) is 2.91. The molecule has 1 heterocycles. The summed E-state index contributed by atoms with van der Waals surface area (Å²) in [6.45, 7) is 1.93. The van der Waals surface area contributed by atoms with E-state index in [-0.39, 0.29) is 19.4 Å². The van der Waals surface area contributed by atoms with Gasteiger partial charge in [0.2, 0.25) is 5.92 Å². The second-order valence-corrected chi connectivity index (χ2v) is 3.99. The molecule has 0 saturated heterocycles. The zero-order valence-corrected chi connectivity index (χ0v) is 7.89. The van der Waals surface area contributed by atoms with E-state index < -0.39 is 11.3 Å². The molecule has 0 spiro atoms. The van der Waals surface area contributed by atoms with Crippen LogP contribution in [0.25, 0.3) is 0 Å². The van der Waals surface area contributed by atoms with E-state index in [4.69, 9.17) is 10.3 Å². The highest BCUT2D eigenvalue weighted by Crippen LogP contribution is 2.53. The number of aryl methyl sites for hydroxylation is 1. The van der Waals surface area contributed by atoms with E-state index in [2.05, 4.69) is 5.16 Å². The summed E-state index contributed by atoms with van der Waals surface area (Å²) >= 11 is 0. The lowest BCUT2D eigenvalue weighted by Gasteiger charge is -2.46. The van der Waals surface area contributed by atoms with Crippen LogP contribution in [-0.2, 0) is 5.41 Å². The summed E-state index contributed by atoms with van der Waals surface area (Å²) < 4.78 is 30.5. The lowest BCUT2D eigenvalue weighted by atomic mass is 9.62. The lowest BCUT2D eigenvalue weighted by molar-refractivity contribution is -0.124. The summed E-state index contributed by atoms with van der Waals surface area (Å²) in [7, 11) is 0. The number of aromatic nitrogens is 1. The Morgan fingerprint density at radius 3 is 2.57 bits per heavy atom. The predicted octanol–water partition coefficient (Wildman–Crippen LogP) is 1.61. The van der Waals surface area contributed by atoms with Crippen molar-refractivity contribution >= 4 is 0 Å². The molecule has 5 heteroatoms. The molecule has 0 aromatic carbocycles. The van der Waals surface area contributed by atoms with Crippen molar-refractivity contribution in [1.82, 2.24) is 5.16 Å². The maximum atomic E-state index is 12.8. The van der Waals surface area contributed by atoms with Gasteiger partial charge in [-0.05, 0) is 6.92 Å². The third kappa shape index (κ3) is 1.23. The number of halogens is 2. The van der Waals surface area contributed by atoms with E-state index in [0.29, 0.717) is 5.76 Å². The van der Waals surface area contributed by atoms with Crippen molar-refractivity contribution in [3.05, 3.63) is 17.5 Å². The minimum Gasteiger partial charge on any atom is -0.361 e. The van der Waals surface area contributed by atoms with E-state index in [9.17, 15) is 8.78 Å². The number of alkyl halides is 2. The first-order valence-electron chi connectivity index (χ1n) is 4.49. The van der Waals surface area contributed by atoms with Gasteiger partial charge in [-0.25, -0.2) is 8.78 Å². The molecule has 0 unspecified atom stereocenters. The number of hydrogen-bond acceptors (Lipinski definition) is 3. The Balaban J connectivity index is 2.29. The number of nitrogens with two attached hydrogens (primary N) is 1. The first-order valence-corrected chi connectivity index (χ1v) is 4.49. The molecular weight excluding hydrogens is 190 g/mol. The molecule has 0 atom stereocenters. The van der Waals surface area contributed by atoms with E-state index in [1.165, 1.54) is 6.20 Å². The van der Waals surface area contributed by atoms with Crippen LogP contribution in [0.4, 0.5) is 8.78 Å². The average molecular weight is 202 g/mol. The Morgan fingerprint density at radius 1 is 1.57 bits per heavy atom.